The summed E-state index contributed by atoms with van der Waals surface area (Å²) in [5.41, 5.74) is 2.76. The van der Waals surface area contributed by atoms with Crippen molar-refractivity contribution in [3.05, 3.63) is 66.2 Å². The second-order valence-corrected chi connectivity index (χ2v) is 7.06. The van der Waals surface area contributed by atoms with Crippen LogP contribution in [0.2, 0.25) is 0 Å². The lowest BCUT2D eigenvalue weighted by Gasteiger charge is -2.21. The minimum Gasteiger partial charge on any atom is -0.462 e. The highest BCUT2D eigenvalue weighted by Gasteiger charge is 2.18. The van der Waals surface area contributed by atoms with Gasteiger partial charge in [-0.05, 0) is 29.3 Å². The standard InChI is InChI=1S/C18H16O2S2/c1-2-18(19)20-10-11-21-16-8-5-9-17-14(16)12-13-6-3-4-7-15(13)22-17/h2-9H,1,10-12H2. The highest BCUT2D eigenvalue weighted by Crippen LogP contribution is 2.42. The average molecular weight is 328 g/mol. The Balaban J connectivity index is 1.70. The Labute approximate surface area is 139 Å². The number of hydrogen-bond acceptors (Lipinski definition) is 4. The molecule has 2 nitrogen and oxygen atoms in total. The Kier molecular flexibility index (Phi) is 4.90. The molecule has 0 aromatic heterocycles. The third kappa shape index (κ3) is 3.39. The van der Waals surface area contributed by atoms with E-state index in [1.165, 1.54) is 31.9 Å². The summed E-state index contributed by atoms with van der Waals surface area (Å²) in [4.78, 5) is 15.0. The summed E-state index contributed by atoms with van der Waals surface area (Å²) < 4.78 is 5.03. The summed E-state index contributed by atoms with van der Waals surface area (Å²) in [7, 11) is 0. The van der Waals surface area contributed by atoms with Crippen LogP contribution in [0.5, 0.6) is 0 Å². The molecule has 0 saturated carbocycles. The van der Waals surface area contributed by atoms with Gasteiger partial charge < -0.3 is 4.74 Å². The summed E-state index contributed by atoms with van der Waals surface area (Å²) >= 11 is 3.57. The number of benzene rings is 2. The Morgan fingerprint density at radius 2 is 2.05 bits per heavy atom. The maximum absolute atomic E-state index is 11.0. The number of carbonyl (C=O) groups excluding carboxylic acids is 1. The first kappa shape index (κ1) is 15.3. The van der Waals surface area contributed by atoms with Crippen LogP contribution in [0.1, 0.15) is 11.1 Å². The van der Waals surface area contributed by atoms with E-state index in [-0.39, 0.29) is 5.97 Å². The Morgan fingerprint density at radius 3 is 2.91 bits per heavy atom. The highest BCUT2D eigenvalue weighted by atomic mass is 32.2. The van der Waals surface area contributed by atoms with Crippen LogP contribution in [-0.4, -0.2) is 18.3 Å². The first-order valence-electron chi connectivity index (χ1n) is 7.07. The molecule has 0 saturated heterocycles. The molecule has 0 amide bonds. The lowest BCUT2D eigenvalue weighted by molar-refractivity contribution is -0.137. The Morgan fingerprint density at radius 1 is 1.23 bits per heavy atom. The van der Waals surface area contributed by atoms with Gasteiger partial charge in [0.25, 0.3) is 0 Å². The Hall–Kier alpha value is -1.65. The predicted octanol–water partition coefficient (Wildman–Crippen LogP) is 4.56. The van der Waals surface area contributed by atoms with Crippen LogP contribution in [0.25, 0.3) is 0 Å². The monoisotopic (exact) mass is 328 g/mol. The van der Waals surface area contributed by atoms with Gasteiger partial charge in [0.1, 0.15) is 6.61 Å². The summed E-state index contributed by atoms with van der Waals surface area (Å²) in [6.45, 7) is 3.80. The molecule has 0 atom stereocenters. The number of carbonyl (C=O) groups is 1. The van der Waals surface area contributed by atoms with Gasteiger partial charge in [-0.2, -0.15) is 0 Å². The molecule has 1 aliphatic heterocycles. The molecular formula is C18H16O2S2. The molecular weight excluding hydrogens is 312 g/mol. The number of esters is 1. The van der Waals surface area contributed by atoms with Gasteiger partial charge in [-0.1, -0.05) is 42.6 Å². The van der Waals surface area contributed by atoms with Crippen LogP contribution >= 0.6 is 23.5 Å². The van der Waals surface area contributed by atoms with E-state index in [4.69, 9.17) is 4.74 Å². The van der Waals surface area contributed by atoms with Gasteiger partial charge in [0.15, 0.2) is 0 Å². The molecule has 2 aromatic carbocycles. The molecule has 0 aliphatic carbocycles. The van der Waals surface area contributed by atoms with Crippen LogP contribution in [0.3, 0.4) is 0 Å². The zero-order chi connectivity index (χ0) is 15.4. The maximum Gasteiger partial charge on any atom is 0.330 e. The number of rotatable bonds is 5. The summed E-state index contributed by atoms with van der Waals surface area (Å²) in [5.74, 6) is 0.391. The molecule has 2 aromatic rings. The fraction of sp³-hybridized carbons (Fsp3) is 0.167. The SMILES string of the molecule is C=CC(=O)OCCSc1cccc2c1Cc1ccccc1S2. The smallest absolute Gasteiger partial charge is 0.330 e. The van der Waals surface area contributed by atoms with E-state index < -0.39 is 0 Å². The molecule has 0 N–H and O–H groups in total. The van der Waals surface area contributed by atoms with Gasteiger partial charge in [-0.3, -0.25) is 0 Å². The summed E-state index contributed by atoms with van der Waals surface area (Å²) in [6, 6.07) is 15.0. The highest BCUT2D eigenvalue weighted by molar-refractivity contribution is 8.00. The maximum atomic E-state index is 11.0. The fourth-order valence-electron chi connectivity index (χ4n) is 2.36. The lowest BCUT2D eigenvalue weighted by atomic mass is 10.0. The molecule has 0 unspecified atom stereocenters. The van der Waals surface area contributed by atoms with E-state index in [2.05, 4.69) is 49.0 Å². The van der Waals surface area contributed by atoms with Crippen molar-refractivity contribution in [2.75, 3.05) is 12.4 Å². The van der Waals surface area contributed by atoms with E-state index in [0.717, 1.165) is 12.2 Å². The molecule has 1 heterocycles. The van der Waals surface area contributed by atoms with E-state index in [1.807, 2.05) is 11.8 Å². The molecule has 22 heavy (non-hydrogen) atoms. The zero-order valence-corrected chi connectivity index (χ0v) is 13.7. The van der Waals surface area contributed by atoms with E-state index in [9.17, 15) is 4.79 Å². The summed E-state index contributed by atoms with van der Waals surface area (Å²) in [5, 5.41) is 0. The topological polar surface area (TPSA) is 26.3 Å². The second kappa shape index (κ2) is 7.07. The predicted molar refractivity (Wildman–Crippen MR) is 91.7 cm³/mol. The van der Waals surface area contributed by atoms with Crippen LogP contribution in [-0.2, 0) is 16.0 Å². The Bertz CT molecular complexity index is 710. The normalized spacial score (nSPS) is 12.2. The van der Waals surface area contributed by atoms with E-state index in [0.29, 0.717) is 6.61 Å². The first-order valence-corrected chi connectivity index (χ1v) is 8.88. The molecule has 0 radical (unpaired) electrons. The second-order valence-electron chi connectivity index (χ2n) is 4.84. The molecule has 112 valence electrons. The molecule has 3 rings (SSSR count). The van der Waals surface area contributed by atoms with E-state index in [1.54, 1.807) is 11.8 Å². The van der Waals surface area contributed by atoms with Gasteiger partial charge in [0.05, 0.1) is 0 Å². The van der Waals surface area contributed by atoms with Crippen molar-refractivity contribution in [2.45, 2.75) is 21.1 Å². The average Bonchev–Trinajstić information content (AvgIpc) is 2.56. The minimum absolute atomic E-state index is 0.361. The van der Waals surface area contributed by atoms with Crippen LogP contribution < -0.4 is 0 Å². The van der Waals surface area contributed by atoms with Crippen LogP contribution in [0, 0.1) is 0 Å². The zero-order valence-electron chi connectivity index (χ0n) is 12.1. The third-order valence-corrected chi connectivity index (χ3v) is 5.69. The molecule has 0 bridgehead atoms. The van der Waals surface area contributed by atoms with Gasteiger partial charge in [-0.15, -0.1) is 11.8 Å². The summed E-state index contributed by atoms with van der Waals surface area (Å²) in [6.07, 6.45) is 2.16. The van der Waals surface area contributed by atoms with Crippen molar-refractivity contribution >= 4 is 29.5 Å². The van der Waals surface area contributed by atoms with Gasteiger partial charge in [0, 0.05) is 32.9 Å². The fourth-order valence-corrected chi connectivity index (χ4v) is 4.45. The van der Waals surface area contributed by atoms with E-state index >= 15 is 0 Å². The minimum atomic E-state index is -0.361. The van der Waals surface area contributed by atoms with Crippen molar-refractivity contribution in [3.8, 4) is 0 Å². The third-order valence-electron chi connectivity index (χ3n) is 3.40. The van der Waals surface area contributed by atoms with Gasteiger partial charge >= 0.3 is 5.97 Å². The number of hydrogen-bond donors (Lipinski definition) is 0. The number of fused-ring (bicyclic) bond motifs is 2. The van der Waals surface area contributed by atoms with Crippen LogP contribution in [0.15, 0.2) is 69.8 Å². The molecule has 1 aliphatic rings. The quantitative estimate of drug-likeness (QED) is 0.297. The number of thioether (sulfide) groups is 1. The molecule has 0 spiro atoms. The number of ether oxygens (including phenoxy) is 1. The van der Waals surface area contributed by atoms with Crippen molar-refractivity contribution < 1.29 is 9.53 Å². The van der Waals surface area contributed by atoms with Gasteiger partial charge in [0.2, 0.25) is 0 Å². The molecule has 0 fully saturated rings. The van der Waals surface area contributed by atoms with Crippen molar-refractivity contribution in [3.63, 3.8) is 0 Å². The van der Waals surface area contributed by atoms with Crippen LogP contribution in [0.4, 0.5) is 0 Å². The molecule has 4 heteroatoms. The largest absolute Gasteiger partial charge is 0.462 e. The van der Waals surface area contributed by atoms with Crippen molar-refractivity contribution in [1.29, 1.82) is 0 Å². The first-order chi connectivity index (χ1) is 10.8. The van der Waals surface area contributed by atoms with Crippen molar-refractivity contribution in [2.24, 2.45) is 0 Å². The van der Waals surface area contributed by atoms with Gasteiger partial charge in [-0.25, -0.2) is 4.79 Å². The lowest BCUT2D eigenvalue weighted by Crippen LogP contribution is -2.05. The van der Waals surface area contributed by atoms with Crippen molar-refractivity contribution in [1.82, 2.24) is 0 Å².